The summed E-state index contributed by atoms with van der Waals surface area (Å²) in [6, 6.07) is 11.5. The van der Waals surface area contributed by atoms with Gasteiger partial charge in [-0.1, -0.05) is 24.3 Å². The number of phenols is 1. The third-order valence-electron chi connectivity index (χ3n) is 2.37. The minimum absolute atomic E-state index is 0.307. The molecule has 72 valence electrons. The summed E-state index contributed by atoms with van der Waals surface area (Å²) in [5, 5.41) is 11.6. The lowest BCUT2D eigenvalue weighted by atomic mass is 10.0. The molecule has 0 unspecified atom stereocenters. The van der Waals surface area contributed by atoms with Crippen LogP contribution in [-0.4, -0.2) is 11.7 Å². The van der Waals surface area contributed by atoms with Crippen LogP contribution in [-0.2, 0) is 6.42 Å². The van der Waals surface area contributed by atoms with Gasteiger partial charge in [0.2, 0.25) is 0 Å². The highest BCUT2D eigenvalue weighted by atomic mass is 16.3. The van der Waals surface area contributed by atoms with Gasteiger partial charge in [-0.15, -0.1) is 0 Å². The van der Waals surface area contributed by atoms with Crippen LogP contribution < -0.4 is 5.73 Å². The molecule has 3 N–H and O–H groups in total. The summed E-state index contributed by atoms with van der Waals surface area (Å²) in [6.07, 6.45) is 0.848. The van der Waals surface area contributed by atoms with Crippen molar-refractivity contribution in [3.63, 3.8) is 0 Å². The van der Waals surface area contributed by atoms with Gasteiger partial charge in [0.1, 0.15) is 5.75 Å². The molecule has 0 bridgehead atoms. The summed E-state index contributed by atoms with van der Waals surface area (Å²) in [5.41, 5.74) is 6.72. The van der Waals surface area contributed by atoms with Crippen LogP contribution in [0.15, 0.2) is 36.4 Å². The van der Waals surface area contributed by atoms with Crippen molar-refractivity contribution >= 4 is 10.8 Å². The van der Waals surface area contributed by atoms with Crippen molar-refractivity contribution in [2.24, 2.45) is 5.73 Å². The molecular formula is C12H13NO. The second-order valence-electron chi connectivity index (χ2n) is 3.36. The number of rotatable bonds is 2. The lowest BCUT2D eigenvalue weighted by Crippen LogP contribution is -2.02. The van der Waals surface area contributed by atoms with E-state index in [1.165, 1.54) is 5.56 Å². The summed E-state index contributed by atoms with van der Waals surface area (Å²) < 4.78 is 0. The fourth-order valence-corrected chi connectivity index (χ4v) is 1.70. The Labute approximate surface area is 83.0 Å². The second-order valence-corrected chi connectivity index (χ2v) is 3.36. The lowest BCUT2D eigenvalue weighted by molar-refractivity contribution is 0.476. The third kappa shape index (κ3) is 1.56. The van der Waals surface area contributed by atoms with Gasteiger partial charge in [0, 0.05) is 0 Å². The Bertz CT molecular complexity index is 451. The average Bonchev–Trinajstić information content (AvgIpc) is 2.19. The first-order valence-electron chi connectivity index (χ1n) is 4.72. The fraction of sp³-hybridized carbons (Fsp3) is 0.167. The van der Waals surface area contributed by atoms with Crippen LogP contribution in [0.4, 0.5) is 0 Å². The third-order valence-corrected chi connectivity index (χ3v) is 2.37. The monoisotopic (exact) mass is 187 g/mol. The molecule has 0 aliphatic heterocycles. The molecule has 2 aromatic carbocycles. The predicted molar refractivity (Wildman–Crippen MR) is 58.4 cm³/mol. The molecule has 0 atom stereocenters. The van der Waals surface area contributed by atoms with E-state index in [4.69, 9.17) is 5.73 Å². The van der Waals surface area contributed by atoms with E-state index in [1.807, 2.05) is 18.2 Å². The Morgan fingerprint density at radius 3 is 2.79 bits per heavy atom. The number of phenolic OH excluding ortho intramolecular Hbond substituents is 1. The number of hydrogen-bond donors (Lipinski definition) is 2. The predicted octanol–water partition coefficient (Wildman–Crippen LogP) is 2.05. The van der Waals surface area contributed by atoms with E-state index in [-0.39, 0.29) is 0 Å². The zero-order valence-electron chi connectivity index (χ0n) is 7.90. The number of hydrogen-bond acceptors (Lipinski definition) is 2. The van der Waals surface area contributed by atoms with Crippen LogP contribution in [0.3, 0.4) is 0 Å². The van der Waals surface area contributed by atoms with Gasteiger partial charge in [0.05, 0.1) is 0 Å². The molecule has 0 aliphatic carbocycles. The Morgan fingerprint density at radius 2 is 2.00 bits per heavy atom. The maximum atomic E-state index is 9.39. The van der Waals surface area contributed by atoms with Gasteiger partial charge in [-0.25, -0.2) is 0 Å². The Hall–Kier alpha value is -1.54. The summed E-state index contributed by atoms with van der Waals surface area (Å²) in [6.45, 7) is 0.634. The highest BCUT2D eigenvalue weighted by molar-refractivity contribution is 5.86. The lowest BCUT2D eigenvalue weighted by Gasteiger charge is -2.05. The fourth-order valence-electron chi connectivity index (χ4n) is 1.70. The van der Waals surface area contributed by atoms with Gasteiger partial charge in [0.15, 0.2) is 0 Å². The minimum Gasteiger partial charge on any atom is -0.508 e. The van der Waals surface area contributed by atoms with E-state index < -0.39 is 0 Å². The van der Waals surface area contributed by atoms with Crippen molar-refractivity contribution < 1.29 is 5.11 Å². The average molecular weight is 187 g/mol. The van der Waals surface area contributed by atoms with E-state index in [2.05, 4.69) is 6.07 Å². The molecule has 2 nitrogen and oxygen atoms in total. The van der Waals surface area contributed by atoms with Crippen LogP contribution in [0.1, 0.15) is 5.56 Å². The highest BCUT2D eigenvalue weighted by Crippen LogP contribution is 2.23. The topological polar surface area (TPSA) is 46.2 Å². The van der Waals surface area contributed by atoms with Gasteiger partial charge in [-0.3, -0.25) is 0 Å². The summed E-state index contributed by atoms with van der Waals surface area (Å²) >= 11 is 0. The Morgan fingerprint density at radius 1 is 1.14 bits per heavy atom. The van der Waals surface area contributed by atoms with Crippen molar-refractivity contribution in [1.29, 1.82) is 0 Å². The molecule has 0 radical (unpaired) electrons. The van der Waals surface area contributed by atoms with Gasteiger partial charge in [-0.05, 0) is 41.4 Å². The summed E-state index contributed by atoms with van der Waals surface area (Å²) in [4.78, 5) is 0. The first-order valence-corrected chi connectivity index (χ1v) is 4.72. The van der Waals surface area contributed by atoms with Crippen molar-refractivity contribution in [3.8, 4) is 5.75 Å². The zero-order valence-corrected chi connectivity index (χ0v) is 7.90. The molecule has 0 saturated carbocycles. The number of fused-ring (bicyclic) bond motifs is 1. The minimum atomic E-state index is 0.307. The van der Waals surface area contributed by atoms with E-state index >= 15 is 0 Å². The van der Waals surface area contributed by atoms with Gasteiger partial charge >= 0.3 is 0 Å². The van der Waals surface area contributed by atoms with Crippen molar-refractivity contribution in [3.05, 3.63) is 42.0 Å². The first-order chi connectivity index (χ1) is 6.81. The first kappa shape index (κ1) is 9.03. The van der Waals surface area contributed by atoms with Gasteiger partial charge in [-0.2, -0.15) is 0 Å². The van der Waals surface area contributed by atoms with E-state index in [9.17, 15) is 5.11 Å². The van der Waals surface area contributed by atoms with Crippen LogP contribution >= 0.6 is 0 Å². The molecule has 2 rings (SSSR count). The molecule has 0 fully saturated rings. The number of nitrogens with two attached hydrogens (primary N) is 1. The standard InChI is InChI=1S/C12H13NO/c13-7-6-10-3-1-2-9-4-5-11(14)8-12(9)10/h1-5,8,14H,6-7,13H2. The Balaban J connectivity index is 2.64. The molecule has 2 aromatic rings. The van der Waals surface area contributed by atoms with Crippen LogP contribution in [0.2, 0.25) is 0 Å². The van der Waals surface area contributed by atoms with Crippen LogP contribution in [0.25, 0.3) is 10.8 Å². The van der Waals surface area contributed by atoms with E-state index in [1.54, 1.807) is 12.1 Å². The smallest absolute Gasteiger partial charge is 0.116 e. The zero-order chi connectivity index (χ0) is 9.97. The maximum Gasteiger partial charge on any atom is 0.116 e. The van der Waals surface area contributed by atoms with Crippen LogP contribution in [0, 0.1) is 0 Å². The van der Waals surface area contributed by atoms with Gasteiger partial charge < -0.3 is 10.8 Å². The highest BCUT2D eigenvalue weighted by Gasteiger charge is 2.00. The van der Waals surface area contributed by atoms with Crippen molar-refractivity contribution in [2.75, 3.05) is 6.54 Å². The quantitative estimate of drug-likeness (QED) is 0.755. The molecule has 14 heavy (non-hydrogen) atoms. The molecule has 0 aromatic heterocycles. The largest absolute Gasteiger partial charge is 0.508 e. The SMILES string of the molecule is NCCc1cccc2ccc(O)cc12. The van der Waals surface area contributed by atoms with Crippen molar-refractivity contribution in [2.45, 2.75) is 6.42 Å². The van der Waals surface area contributed by atoms with E-state index in [0.29, 0.717) is 12.3 Å². The van der Waals surface area contributed by atoms with E-state index in [0.717, 1.165) is 17.2 Å². The van der Waals surface area contributed by atoms with Crippen molar-refractivity contribution in [1.82, 2.24) is 0 Å². The normalized spacial score (nSPS) is 10.6. The maximum absolute atomic E-state index is 9.39. The molecule has 0 spiro atoms. The molecule has 0 amide bonds. The molecule has 0 saturated heterocycles. The molecule has 2 heteroatoms. The van der Waals surface area contributed by atoms with Gasteiger partial charge in [0.25, 0.3) is 0 Å². The second kappa shape index (κ2) is 3.68. The Kier molecular flexibility index (Phi) is 2.37. The molecule has 0 heterocycles. The molecular weight excluding hydrogens is 174 g/mol. The van der Waals surface area contributed by atoms with Crippen LogP contribution in [0.5, 0.6) is 5.75 Å². The number of aromatic hydroxyl groups is 1. The summed E-state index contributed by atoms with van der Waals surface area (Å²) in [5.74, 6) is 0.307. The molecule has 0 aliphatic rings. The number of benzene rings is 2. The summed E-state index contributed by atoms with van der Waals surface area (Å²) in [7, 11) is 0.